The van der Waals surface area contributed by atoms with Gasteiger partial charge in [-0.15, -0.1) is 0 Å². The van der Waals surface area contributed by atoms with Crippen LogP contribution in [0.25, 0.3) is 0 Å². The molecule has 0 N–H and O–H groups in total. The third-order valence-electron chi connectivity index (χ3n) is 1.35. The molecule has 1 nitrogen and oxygen atoms in total. The van der Waals surface area contributed by atoms with Crippen LogP contribution in [0.5, 0.6) is 0 Å². The van der Waals surface area contributed by atoms with Gasteiger partial charge in [-0.1, -0.05) is 29.8 Å². The summed E-state index contributed by atoms with van der Waals surface area (Å²) in [7, 11) is 0. The molecule has 1 aromatic carbocycles. The number of hydrogen-bond acceptors (Lipinski definition) is 1. The Morgan fingerprint density at radius 1 is 1.45 bits per heavy atom. The first-order valence-electron chi connectivity index (χ1n) is 3.28. The van der Waals surface area contributed by atoms with Gasteiger partial charge in [0, 0.05) is 18.4 Å². The highest BCUT2D eigenvalue weighted by Gasteiger charge is 2.00. The van der Waals surface area contributed by atoms with Gasteiger partial charge in [0.2, 0.25) is 0 Å². The first-order chi connectivity index (χ1) is 5.20. The molecule has 0 aliphatic carbocycles. The van der Waals surface area contributed by atoms with E-state index in [0.29, 0.717) is 11.4 Å². The summed E-state index contributed by atoms with van der Waals surface area (Å²) < 4.78 is 0. The van der Waals surface area contributed by atoms with Crippen molar-refractivity contribution in [3.05, 3.63) is 41.8 Å². The number of rotatable bonds is 2. The van der Waals surface area contributed by atoms with Gasteiger partial charge in [0.05, 0.1) is 0 Å². The number of benzene rings is 1. The second-order valence-electron chi connectivity index (χ2n) is 2.31. The molecule has 0 aliphatic heterocycles. The Labute approximate surface area is 71.0 Å². The van der Waals surface area contributed by atoms with Gasteiger partial charge < -0.3 is 0 Å². The van der Waals surface area contributed by atoms with Crippen LogP contribution in [0.1, 0.15) is 5.56 Å². The lowest BCUT2D eigenvalue weighted by molar-refractivity contribution is -0.114. The molecule has 0 amide bonds. The summed E-state index contributed by atoms with van der Waals surface area (Å²) in [5, 5.41) is 0.629. The zero-order valence-electron chi connectivity index (χ0n) is 6.01. The van der Waals surface area contributed by atoms with Gasteiger partial charge in [0.25, 0.3) is 0 Å². The molecule has 11 heavy (non-hydrogen) atoms. The maximum absolute atomic E-state index is 10.6. The lowest BCUT2D eigenvalue weighted by Gasteiger charge is -1.98. The van der Waals surface area contributed by atoms with Crippen molar-refractivity contribution < 1.29 is 4.79 Å². The van der Waals surface area contributed by atoms with Crippen molar-refractivity contribution in [1.82, 2.24) is 0 Å². The Kier molecular flexibility index (Phi) is 2.66. The molecule has 1 aromatic rings. The average molecular weight is 168 g/mol. The largest absolute Gasteiger partial charge is 0.299 e. The van der Waals surface area contributed by atoms with E-state index in [1.165, 1.54) is 0 Å². The Hall–Kier alpha value is -0.820. The topological polar surface area (TPSA) is 17.1 Å². The number of hydrogen-bond donors (Lipinski definition) is 0. The van der Waals surface area contributed by atoms with E-state index >= 15 is 0 Å². The van der Waals surface area contributed by atoms with E-state index in [1.54, 1.807) is 6.07 Å². The van der Waals surface area contributed by atoms with Crippen LogP contribution in [0.3, 0.4) is 0 Å². The van der Waals surface area contributed by atoms with Gasteiger partial charge in [0.15, 0.2) is 0 Å². The number of halogens is 1. The lowest BCUT2D eigenvalue weighted by Crippen LogP contribution is -1.96. The van der Waals surface area contributed by atoms with Crippen molar-refractivity contribution in [2.24, 2.45) is 0 Å². The first-order valence-corrected chi connectivity index (χ1v) is 3.66. The van der Waals surface area contributed by atoms with Crippen molar-refractivity contribution in [2.45, 2.75) is 6.42 Å². The van der Waals surface area contributed by atoms with E-state index in [4.69, 9.17) is 11.6 Å². The summed E-state index contributed by atoms with van der Waals surface area (Å²) in [6.45, 7) is 3.28. The first kappa shape index (κ1) is 8.28. The van der Waals surface area contributed by atoms with Gasteiger partial charge in [-0.05, 0) is 11.6 Å². The highest BCUT2D eigenvalue weighted by atomic mass is 35.5. The zero-order valence-corrected chi connectivity index (χ0v) is 6.77. The molecule has 0 saturated carbocycles. The molecule has 0 aromatic heterocycles. The normalized spacial score (nSPS) is 9.64. The number of Topliss-reactive ketones (excluding diaryl/α,β-unsaturated/α-hetero) is 1. The Balaban J connectivity index is 2.86. The monoisotopic (exact) mass is 167 g/mol. The SMILES string of the molecule is [CH2]C(=O)Cc1ccccc1Cl. The molecule has 0 aliphatic rings. The molecule has 0 bridgehead atoms. The zero-order chi connectivity index (χ0) is 8.27. The second kappa shape index (κ2) is 3.54. The second-order valence-corrected chi connectivity index (χ2v) is 2.71. The molecule has 0 fully saturated rings. The standard InChI is InChI=1S/C9H8ClO/c1-7(11)6-8-4-2-3-5-9(8)10/h2-5H,1,6H2. The number of ketones is 1. The van der Waals surface area contributed by atoms with Gasteiger partial charge in [-0.3, -0.25) is 4.79 Å². The fraction of sp³-hybridized carbons (Fsp3) is 0.111. The number of carbonyl (C=O) groups excluding carboxylic acids is 1. The van der Waals surface area contributed by atoms with E-state index in [2.05, 4.69) is 6.92 Å². The highest BCUT2D eigenvalue weighted by Crippen LogP contribution is 2.15. The van der Waals surface area contributed by atoms with Crippen LogP contribution in [0.2, 0.25) is 5.02 Å². The summed E-state index contributed by atoms with van der Waals surface area (Å²) in [6, 6.07) is 7.27. The predicted octanol–water partition coefficient (Wildman–Crippen LogP) is 2.29. The van der Waals surface area contributed by atoms with Crippen LogP contribution < -0.4 is 0 Å². The minimum Gasteiger partial charge on any atom is -0.299 e. The summed E-state index contributed by atoms with van der Waals surface area (Å²) in [4.78, 5) is 10.6. The fourth-order valence-corrected chi connectivity index (χ4v) is 1.06. The molecule has 2 heteroatoms. The van der Waals surface area contributed by atoms with Crippen molar-refractivity contribution in [3.8, 4) is 0 Å². The van der Waals surface area contributed by atoms with Crippen molar-refractivity contribution >= 4 is 17.4 Å². The lowest BCUT2D eigenvalue weighted by atomic mass is 10.1. The van der Waals surface area contributed by atoms with Gasteiger partial charge >= 0.3 is 0 Å². The summed E-state index contributed by atoms with van der Waals surface area (Å²) >= 11 is 5.79. The molecule has 0 atom stereocenters. The molecule has 0 unspecified atom stereocenters. The van der Waals surface area contributed by atoms with Crippen molar-refractivity contribution in [3.63, 3.8) is 0 Å². The van der Waals surface area contributed by atoms with Gasteiger partial charge in [0.1, 0.15) is 5.78 Å². The van der Waals surface area contributed by atoms with Gasteiger partial charge in [-0.2, -0.15) is 0 Å². The van der Waals surface area contributed by atoms with Crippen LogP contribution in [0.15, 0.2) is 24.3 Å². The maximum atomic E-state index is 10.6. The minimum atomic E-state index is -0.113. The quantitative estimate of drug-likeness (QED) is 0.661. The molecule has 57 valence electrons. The Morgan fingerprint density at radius 3 is 2.64 bits per heavy atom. The molecular formula is C9H8ClO. The number of carbonyl (C=O) groups is 1. The molecule has 0 heterocycles. The third kappa shape index (κ3) is 2.35. The summed E-state index contributed by atoms with van der Waals surface area (Å²) in [5.74, 6) is -0.113. The molecule has 0 saturated heterocycles. The maximum Gasteiger partial charge on any atom is 0.137 e. The smallest absolute Gasteiger partial charge is 0.137 e. The van der Waals surface area contributed by atoms with E-state index in [-0.39, 0.29) is 5.78 Å². The predicted molar refractivity (Wildman–Crippen MR) is 45.5 cm³/mol. The minimum absolute atomic E-state index is 0.113. The molecule has 0 spiro atoms. The van der Waals surface area contributed by atoms with Crippen LogP contribution in [0, 0.1) is 6.92 Å². The van der Waals surface area contributed by atoms with Crippen LogP contribution >= 0.6 is 11.6 Å². The van der Waals surface area contributed by atoms with Crippen molar-refractivity contribution in [1.29, 1.82) is 0 Å². The van der Waals surface area contributed by atoms with E-state index in [0.717, 1.165) is 5.56 Å². The molecule has 1 rings (SSSR count). The molecular weight excluding hydrogens is 160 g/mol. The third-order valence-corrected chi connectivity index (χ3v) is 1.71. The average Bonchev–Trinajstić information content (AvgIpc) is 1.93. The van der Waals surface area contributed by atoms with Crippen LogP contribution in [-0.2, 0) is 11.2 Å². The van der Waals surface area contributed by atoms with E-state index in [9.17, 15) is 4.79 Å². The molecule has 1 radical (unpaired) electrons. The van der Waals surface area contributed by atoms with E-state index in [1.807, 2.05) is 18.2 Å². The van der Waals surface area contributed by atoms with Crippen LogP contribution in [-0.4, -0.2) is 5.78 Å². The Bertz CT molecular complexity index is 268. The Morgan fingerprint density at radius 2 is 2.09 bits per heavy atom. The highest BCUT2D eigenvalue weighted by molar-refractivity contribution is 6.31. The van der Waals surface area contributed by atoms with E-state index < -0.39 is 0 Å². The van der Waals surface area contributed by atoms with Gasteiger partial charge in [-0.25, -0.2) is 0 Å². The summed E-state index contributed by atoms with van der Waals surface area (Å²) in [6.07, 6.45) is 0.319. The van der Waals surface area contributed by atoms with Crippen molar-refractivity contribution in [2.75, 3.05) is 0 Å². The summed E-state index contributed by atoms with van der Waals surface area (Å²) in [5.41, 5.74) is 0.842. The fourth-order valence-electron chi connectivity index (χ4n) is 0.854. The van der Waals surface area contributed by atoms with Crippen LogP contribution in [0.4, 0.5) is 0 Å².